The maximum atomic E-state index is 9.21. The maximum absolute atomic E-state index is 9.21. The number of nitrogens with one attached hydrogen (secondary N) is 2. The first kappa shape index (κ1) is 13.2. The summed E-state index contributed by atoms with van der Waals surface area (Å²) in [5, 5.41) is 14.0. The van der Waals surface area contributed by atoms with E-state index in [0.29, 0.717) is 0 Å². The van der Waals surface area contributed by atoms with Gasteiger partial charge in [0.2, 0.25) is 0 Å². The minimum atomic E-state index is -0.0741. The van der Waals surface area contributed by atoms with Crippen molar-refractivity contribution in [3.8, 4) is 6.07 Å². The van der Waals surface area contributed by atoms with Crippen molar-refractivity contribution < 1.29 is 0 Å². The molecule has 2 aromatic rings. The van der Waals surface area contributed by atoms with Gasteiger partial charge in [0.25, 0.3) is 0 Å². The molecule has 3 heteroatoms. The highest BCUT2D eigenvalue weighted by Gasteiger charge is 2.36. The normalized spacial score (nSPS) is 16.8. The lowest BCUT2D eigenvalue weighted by atomic mass is 9.70. The Bertz CT molecular complexity index is 644. The van der Waals surface area contributed by atoms with Crippen molar-refractivity contribution in [2.75, 3.05) is 13.1 Å². The molecule has 104 valence electrons. The van der Waals surface area contributed by atoms with Gasteiger partial charge in [0.1, 0.15) is 0 Å². The van der Waals surface area contributed by atoms with Gasteiger partial charge in [0.15, 0.2) is 0 Å². The molecule has 3 nitrogen and oxygen atoms in total. The lowest BCUT2D eigenvalue weighted by molar-refractivity contribution is 0.208. The molecule has 0 unspecified atom stereocenters. The molecule has 1 fully saturated rings. The van der Waals surface area contributed by atoms with E-state index in [4.69, 9.17) is 0 Å². The molecule has 0 amide bonds. The van der Waals surface area contributed by atoms with Crippen LogP contribution in [0.5, 0.6) is 0 Å². The Balaban J connectivity index is 1.60. The molecule has 1 aliphatic carbocycles. The number of hydrogen-bond donors (Lipinski definition) is 2. The molecule has 0 saturated heterocycles. The van der Waals surface area contributed by atoms with E-state index in [0.717, 1.165) is 32.4 Å². The van der Waals surface area contributed by atoms with Crippen molar-refractivity contribution in [3.05, 3.63) is 35.5 Å². The molecule has 0 spiro atoms. The summed E-state index contributed by atoms with van der Waals surface area (Å²) < 4.78 is 0. The molecule has 1 heterocycles. The number of aryl methyl sites for hydroxylation is 1. The van der Waals surface area contributed by atoms with E-state index in [1.807, 2.05) is 0 Å². The molecule has 3 rings (SSSR count). The van der Waals surface area contributed by atoms with Crippen LogP contribution in [0.3, 0.4) is 0 Å². The lowest BCUT2D eigenvalue weighted by Gasteiger charge is -2.35. The fraction of sp³-hybridized carbons (Fsp3) is 0.471. The van der Waals surface area contributed by atoms with Crippen LogP contribution in [-0.4, -0.2) is 18.1 Å². The summed E-state index contributed by atoms with van der Waals surface area (Å²) in [5.41, 5.74) is 3.79. The summed E-state index contributed by atoms with van der Waals surface area (Å²) in [6.45, 7) is 3.91. The Morgan fingerprint density at radius 1 is 1.35 bits per heavy atom. The summed E-state index contributed by atoms with van der Waals surface area (Å²) in [5.74, 6) is 0. The number of nitriles is 1. The molecule has 0 bridgehead atoms. The lowest BCUT2D eigenvalue weighted by Crippen LogP contribution is -2.39. The first-order chi connectivity index (χ1) is 9.74. The molecule has 1 aromatic heterocycles. The quantitative estimate of drug-likeness (QED) is 0.817. The Morgan fingerprint density at radius 2 is 2.15 bits per heavy atom. The van der Waals surface area contributed by atoms with Gasteiger partial charge in [-0.1, -0.05) is 24.6 Å². The molecule has 1 aliphatic rings. The van der Waals surface area contributed by atoms with Crippen LogP contribution in [0.4, 0.5) is 0 Å². The summed E-state index contributed by atoms with van der Waals surface area (Å²) >= 11 is 0. The van der Waals surface area contributed by atoms with Crippen molar-refractivity contribution in [1.29, 1.82) is 5.26 Å². The number of nitrogens with zero attached hydrogens (tertiary/aromatic N) is 1. The van der Waals surface area contributed by atoms with Gasteiger partial charge >= 0.3 is 0 Å². The standard InChI is InChI=1S/C17H21N3/c1-13-14(15-5-2-3-6-16(15)20-13)7-10-19-12-17(11-18)8-4-9-17/h2-3,5-6,19-20H,4,7-10,12H2,1H3. The van der Waals surface area contributed by atoms with Crippen LogP contribution in [0.2, 0.25) is 0 Å². The van der Waals surface area contributed by atoms with E-state index in [1.54, 1.807) is 0 Å². The van der Waals surface area contributed by atoms with Gasteiger partial charge in [-0.3, -0.25) is 0 Å². The molecule has 2 N–H and O–H groups in total. The van der Waals surface area contributed by atoms with Crippen LogP contribution in [0.15, 0.2) is 24.3 Å². The number of aromatic amines is 1. The van der Waals surface area contributed by atoms with Gasteiger partial charge in [0, 0.05) is 23.1 Å². The van der Waals surface area contributed by atoms with Crippen LogP contribution in [-0.2, 0) is 6.42 Å². The summed E-state index contributed by atoms with van der Waals surface area (Å²) in [4.78, 5) is 3.44. The molecular formula is C17H21N3. The average molecular weight is 267 g/mol. The summed E-state index contributed by atoms with van der Waals surface area (Å²) in [7, 11) is 0. The van der Waals surface area contributed by atoms with Gasteiger partial charge in [0.05, 0.1) is 11.5 Å². The third kappa shape index (κ3) is 2.32. The van der Waals surface area contributed by atoms with Crippen LogP contribution in [0, 0.1) is 23.7 Å². The fourth-order valence-corrected chi connectivity index (χ4v) is 3.13. The summed E-state index contributed by atoms with van der Waals surface area (Å²) in [6.07, 6.45) is 4.33. The predicted molar refractivity (Wildman–Crippen MR) is 81.5 cm³/mol. The molecule has 1 saturated carbocycles. The minimum Gasteiger partial charge on any atom is -0.358 e. The second kappa shape index (κ2) is 5.30. The van der Waals surface area contributed by atoms with E-state index >= 15 is 0 Å². The van der Waals surface area contributed by atoms with Crippen molar-refractivity contribution in [2.24, 2.45) is 5.41 Å². The van der Waals surface area contributed by atoms with E-state index < -0.39 is 0 Å². The molecule has 1 aromatic carbocycles. The molecule has 20 heavy (non-hydrogen) atoms. The number of fused-ring (bicyclic) bond motifs is 1. The van der Waals surface area contributed by atoms with Gasteiger partial charge < -0.3 is 10.3 Å². The second-order valence-electron chi connectivity index (χ2n) is 5.95. The molecule has 0 atom stereocenters. The van der Waals surface area contributed by atoms with E-state index in [2.05, 4.69) is 47.6 Å². The third-order valence-corrected chi connectivity index (χ3v) is 4.59. The largest absolute Gasteiger partial charge is 0.358 e. The molecule has 0 aliphatic heterocycles. The number of H-pyrrole nitrogens is 1. The number of para-hydroxylation sites is 1. The average Bonchev–Trinajstić information content (AvgIpc) is 2.73. The first-order valence-electron chi connectivity index (χ1n) is 7.42. The zero-order chi connectivity index (χ0) is 14.0. The van der Waals surface area contributed by atoms with Crippen molar-refractivity contribution in [2.45, 2.75) is 32.6 Å². The highest BCUT2D eigenvalue weighted by molar-refractivity contribution is 5.84. The Labute approximate surface area is 120 Å². The van der Waals surface area contributed by atoms with Crippen LogP contribution >= 0.6 is 0 Å². The molecule has 0 radical (unpaired) electrons. The van der Waals surface area contributed by atoms with Crippen molar-refractivity contribution in [1.82, 2.24) is 10.3 Å². The van der Waals surface area contributed by atoms with Gasteiger partial charge in [-0.15, -0.1) is 0 Å². The smallest absolute Gasteiger partial charge is 0.0703 e. The highest BCUT2D eigenvalue weighted by atomic mass is 14.9. The van der Waals surface area contributed by atoms with E-state index in [-0.39, 0.29) is 5.41 Å². The Morgan fingerprint density at radius 3 is 2.85 bits per heavy atom. The van der Waals surface area contributed by atoms with E-state index in [9.17, 15) is 5.26 Å². The summed E-state index contributed by atoms with van der Waals surface area (Å²) in [6, 6.07) is 10.9. The zero-order valence-corrected chi connectivity index (χ0v) is 12.0. The number of rotatable bonds is 5. The Hall–Kier alpha value is -1.79. The van der Waals surface area contributed by atoms with Crippen molar-refractivity contribution in [3.63, 3.8) is 0 Å². The second-order valence-corrected chi connectivity index (χ2v) is 5.95. The highest BCUT2D eigenvalue weighted by Crippen LogP contribution is 2.39. The third-order valence-electron chi connectivity index (χ3n) is 4.59. The minimum absolute atomic E-state index is 0.0741. The first-order valence-corrected chi connectivity index (χ1v) is 7.42. The van der Waals surface area contributed by atoms with Crippen LogP contribution < -0.4 is 5.32 Å². The zero-order valence-electron chi connectivity index (χ0n) is 12.0. The number of hydrogen-bond acceptors (Lipinski definition) is 2. The van der Waals surface area contributed by atoms with Crippen molar-refractivity contribution >= 4 is 10.9 Å². The van der Waals surface area contributed by atoms with Gasteiger partial charge in [-0.2, -0.15) is 5.26 Å². The van der Waals surface area contributed by atoms with Crippen LogP contribution in [0.25, 0.3) is 10.9 Å². The monoisotopic (exact) mass is 267 g/mol. The van der Waals surface area contributed by atoms with Gasteiger partial charge in [-0.25, -0.2) is 0 Å². The fourth-order valence-electron chi connectivity index (χ4n) is 3.13. The SMILES string of the molecule is Cc1[nH]c2ccccc2c1CCNCC1(C#N)CCC1. The Kier molecular flexibility index (Phi) is 3.50. The maximum Gasteiger partial charge on any atom is 0.0703 e. The molecular weight excluding hydrogens is 246 g/mol. The topological polar surface area (TPSA) is 51.6 Å². The number of aromatic nitrogens is 1. The van der Waals surface area contributed by atoms with Gasteiger partial charge in [-0.05, 0) is 44.4 Å². The van der Waals surface area contributed by atoms with E-state index in [1.165, 1.54) is 28.6 Å². The van der Waals surface area contributed by atoms with Crippen LogP contribution in [0.1, 0.15) is 30.5 Å². The number of benzene rings is 1. The predicted octanol–water partition coefficient (Wildman–Crippen LogP) is 3.30.